The van der Waals surface area contributed by atoms with Gasteiger partial charge in [-0.05, 0) is 48.9 Å². The van der Waals surface area contributed by atoms with Crippen molar-refractivity contribution in [1.82, 2.24) is 19.4 Å². The number of hydrogen-bond donors (Lipinski definition) is 1. The van der Waals surface area contributed by atoms with Crippen molar-refractivity contribution in [3.63, 3.8) is 0 Å². The number of fused-ring (bicyclic) bond motifs is 1. The Bertz CT molecular complexity index is 2040. The Labute approximate surface area is 299 Å². The summed E-state index contributed by atoms with van der Waals surface area (Å²) in [5.41, 5.74) is 0.690. The van der Waals surface area contributed by atoms with Crippen LogP contribution in [0.1, 0.15) is 32.0 Å². The summed E-state index contributed by atoms with van der Waals surface area (Å²) in [5.74, 6) is -4.90. The zero-order valence-corrected chi connectivity index (χ0v) is 28.6. The summed E-state index contributed by atoms with van der Waals surface area (Å²) >= 11 is 5.79. The smallest absolute Gasteiger partial charge is 0.387 e. The number of nitrogens with zero attached hydrogens (tertiary/aromatic N) is 4. The van der Waals surface area contributed by atoms with Crippen LogP contribution in [0, 0.1) is 24.4 Å². The van der Waals surface area contributed by atoms with Crippen molar-refractivity contribution in [1.29, 1.82) is 0 Å². The van der Waals surface area contributed by atoms with Gasteiger partial charge in [0, 0.05) is 62.9 Å². The third-order valence-electron chi connectivity index (χ3n) is 8.38. The van der Waals surface area contributed by atoms with Crippen molar-refractivity contribution in [2.45, 2.75) is 20.1 Å². The Hall–Kier alpha value is -4.92. The first-order chi connectivity index (χ1) is 23.9. The second kappa shape index (κ2) is 15.5. The van der Waals surface area contributed by atoms with E-state index in [2.05, 4.69) is 19.9 Å². The normalized spacial score (nSPS) is 13.3. The number of aromatic nitrogens is 2. The van der Waals surface area contributed by atoms with Gasteiger partial charge in [-0.25, -0.2) is 18.2 Å². The number of amides is 2. The van der Waals surface area contributed by atoms with E-state index >= 15 is 0 Å². The number of benzene rings is 3. The zero-order valence-electron chi connectivity index (χ0n) is 27.1. The highest BCUT2D eigenvalue weighted by atomic mass is 35.5. The average Bonchev–Trinajstić information content (AvgIpc) is 3.43. The number of aryl methyl sites for hydroxylation is 1. The first-order valence-electron chi connectivity index (χ1n) is 15.3. The molecule has 0 atom stereocenters. The first kappa shape index (κ1) is 37.3. The minimum atomic E-state index is -2.87. The van der Waals surface area contributed by atoms with Gasteiger partial charge in [0.25, 0.3) is 11.8 Å². The van der Waals surface area contributed by atoms with E-state index < -0.39 is 46.1 Å². The van der Waals surface area contributed by atoms with Crippen LogP contribution in [-0.2, 0) is 13.6 Å². The third kappa shape index (κ3) is 8.03. The van der Waals surface area contributed by atoms with Crippen LogP contribution in [0.15, 0.2) is 66.9 Å². The molecule has 51 heavy (non-hydrogen) atoms. The number of halogens is 7. The van der Waals surface area contributed by atoms with E-state index in [0.717, 1.165) is 23.4 Å². The Balaban J connectivity index is 0.00000504. The number of anilines is 1. The number of nitrogens with one attached hydrogen (secondary N) is 1. The Morgan fingerprint density at radius 2 is 1.61 bits per heavy atom. The molecule has 1 aliphatic rings. The average molecular weight is 751 g/mol. The van der Waals surface area contributed by atoms with E-state index in [1.807, 2.05) is 12.1 Å². The number of hydrogen-bond acceptors (Lipinski definition) is 6. The number of rotatable bonds is 9. The molecule has 3 heterocycles. The van der Waals surface area contributed by atoms with E-state index in [4.69, 9.17) is 16.3 Å². The van der Waals surface area contributed by atoms with Crippen molar-refractivity contribution in [3.8, 4) is 17.4 Å². The molecule has 1 N–H and O–H groups in total. The molecule has 1 aliphatic heterocycles. The van der Waals surface area contributed by atoms with E-state index in [0.29, 0.717) is 44.2 Å². The molecule has 0 unspecified atom stereocenters. The van der Waals surface area contributed by atoms with Crippen LogP contribution >= 0.6 is 24.0 Å². The summed E-state index contributed by atoms with van der Waals surface area (Å²) < 4.78 is 79.5. The predicted molar refractivity (Wildman–Crippen MR) is 183 cm³/mol. The molecule has 0 aliphatic carbocycles. The van der Waals surface area contributed by atoms with E-state index in [1.54, 1.807) is 40.8 Å². The Morgan fingerprint density at radius 3 is 2.25 bits per heavy atom. The van der Waals surface area contributed by atoms with Gasteiger partial charge in [0.15, 0.2) is 11.6 Å². The van der Waals surface area contributed by atoms with E-state index in [9.17, 15) is 31.5 Å². The predicted octanol–water partition coefficient (Wildman–Crippen LogP) is 7.98. The molecule has 16 heteroatoms. The maximum atomic E-state index is 14.4. The van der Waals surface area contributed by atoms with Crippen LogP contribution in [0.25, 0.3) is 10.9 Å². The van der Waals surface area contributed by atoms with Gasteiger partial charge in [-0.2, -0.15) is 8.78 Å². The third-order valence-corrected chi connectivity index (χ3v) is 8.73. The number of carbonyl (C=O) groups excluding carboxylic acids is 2. The lowest BCUT2D eigenvalue weighted by Crippen LogP contribution is -2.48. The Kier molecular flexibility index (Phi) is 11.4. The van der Waals surface area contributed by atoms with Crippen molar-refractivity contribution in [2.75, 3.05) is 31.5 Å². The second-order valence-electron chi connectivity index (χ2n) is 11.6. The van der Waals surface area contributed by atoms with Gasteiger partial charge < -0.3 is 24.3 Å². The summed E-state index contributed by atoms with van der Waals surface area (Å²) in [6.45, 7) is 1.08. The van der Waals surface area contributed by atoms with Crippen LogP contribution in [0.4, 0.5) is 27.6 Å². The molecule has 1 saturated heterocycles. The number of carbonyl (C=O) groups is 2. The molecular formula is C35H30Cl2F5N5O4. The van der Waals surface area contributed by atoms with Crippen LogP contribution < -0.4 is 14.8 Å². The first-order valence-corrected chi connectivity index (χ1v) is 15.7. The molecule has 2 aromatic heterocycles. The molecule has 268 valence electrons. The highest BCUT2D eigenvalue weighted by Crippen LogP contribution is 2.31. The van der Waals surface area contributed by atoms with Gasteiger partial charge in [0.1, 0.15) is 28.6 Å². The van der Waals surface area contributed by atoms with Crippen molar-refractivity contribution >= 4 is 52.4 Å². The van der Waals surface area contributed by atoms with Gasteiger partial charge in [-0.15, -0.1) is 12.4 Å². The lowest BCUT2D eigenvalue weighted by molar-refractivity contribution is -0.0498. The van der Waals surface area contributed by atoms with Crippen molar-refractivity contribution in [2.24, 2.45) is 7.05 Å². The summed E-state index contributed by atoms with van der Waals surface area (Å²) in [6.07, 6.45) is 1.22. The quantitative estimate of drug-likeness (QED) is 0.122. The zero-order chi connectivity index (χ0) is 35.7. The van der Waals surface area contributed by atoms with Crippen molar-refractivity contribution < 1.29 is 41.0 Å². The molecule has 0 bridgehead atoms. The fourth-order valence-corrected chi connectivity index (χ4v) is 5.96. The highest BCUT2D eigenvalue weighted by molar-refractivity contribution is 6.34. The molecule has 9 nitrogen and oxygen atoms in total. The fraction of sp³-hybridized carbons (Fsp3) is 0.229. The maximum Gasteiger partial charge on any atom is 0.387 e. The fourth-order valence-electron chi connectivity index (χ4n) is 5.65. The molecule has 0 saturated carbocycles. The van der Waals surface area contributed by atoms with Gasteiger partial charge in [0.05, 0.1) is 22.4 Å². The molecule has 0 radical (unpaired) electrons. The number of piperazine rings is 1. The lowest BCUT2D eigenvalue weighted by Gasteiger charge is -2.34. The largest absolute Gasteiger partial charge is 0.439 e. The number of alkyl halides is 2. The van der Waals surface area contributed by atoms with Crippen LogP contribution in [0.5, 0.6) is 17.4 Å². The Morgan fingerprint density at radius 1 is 0.922 bits per heavy atom. The molecule has 5 aromatic rings. The van der Waals surface area contributed by atoms with E-state index in [1.165, 1.54) is 30.5 Å². The van der Waals surface area contributed by atoms with Crippen molar-refractivity contribution in [3.05, 3.63) is 112 Å². The summed E-state index contributed by atoms with van der Waals surface area (Å²) in [5, 5.41) is 2.30. The monoisotopic (exact) mass is 749 g/mol. The minimum absolute atomic E-state index is 0. The molecule has 1 fully saturated rings. The van der Waals surface area contributed by atoms with Gasteiger partial charge >= 0.3 is 6.61 Å². The van der Waals surface area contributed by atoms with Gasteiger partial charge in [-0.3, -0.25) is 14.5 Å². The number of pyridine rings is 1. The molecule has 0 spiro atoms. The second-order valence-corrected chi connectivity index (χ2v) is 12.0. The molecule has 3 aromatic carbocycles. The molecule has 2 amide bonds. The topological polar surface area (TPSA) is 88.9 Å². The van der Waals surface area contributed by atoms with Crippen LogP contribution in [-0.4, -0.2) is 64.0 Å². The minimum Gasteiger partial charge on any atom is -0.439 e. The standard InChI is InChI=1S/C35H29ClF5N5O4.ClH/c1-19-30(37)29(36)28(32(39)31(19)38)33(47)43-22-6-10-27(42-17-22)49-24-9-5-21-15-26(44(2)25(21)16-24)34(48)46-13-11-45(12-14-46)18-20-3-7-23(8-4-20)50-35(40)41;/h3-10,15-17,35H,11-14,18H2,1-2H3,(H,43,47);1H. The maximum absolute atomic E-state index is 14.4. The van der Waals surface area contributed by atoms with E-state index in [-0.39, 0.29) is 35.6 Å². The highest BCUT2D eigenvalue weighted by Gasteiger charge is 2.27. The summed E-state index contributed by atoms with van der Waals surface area (Å²) in [4.78, 5) is 34.2. The van der Waals surface area contributed by atoms with Gasteiger partial charge in [0.2, 0.25) is 5.88 Å². The molecule has 6 rings (SSSR count). The number of ether oxygens (including phenoxy) is 2. The lowest BCUT2D eigenvalue weighted by atomic mass is 10.1. The SMILES string of the molecule is Cc1c(F)c(F)c(C(=O)Nc2ccc(Oc3ccc4cc(C(=O)N5CCN(Cc6ccc(OC(F)F)cc6)CC5)n(C)c4c3)nc2)c(Cl)c1F.Cl. The summed E-state index contributed by atoms with van der Waals surface area (Å²) in [6, 6.07) is 16.4. The van der Waals surface area contributed by atoms with Gasteiger partial charge in [-0.1, -0.05) is 23.7 Å². The van der Waals surface area contributed by atoms with Crippen LogP contribution in [0.3, 0.4) is 0 Å². The summed E-state index contributed by atoms with van der Waals surface area (Å²) in [7, 11) is 1.79. The molecular weight excluding hydrogens is 720 g/mol. The van der Waals surface area contributed by atoms with Crippen LogP contribution in [0.2, 0.25) is 5.02 Å².